The molecule has 4 rings (SSSR count). The summed E-state index contributed by atoms with van der Waals surface area (Å²) in [7, 11) is 0. The minimum Gasteiger partial charge on any atom is -0.349 e. The van der Waals surface area contributed by atoms with Crippen LogP contribution in [0.3, 0.4) is 0 Å². The zero-order valence-electron chi connectivity index (χ0n) is 14.7. The molecular weight excluding hydrogens is 322 g/mol. The quantitative estimate of drug-likeness (QED) is 0.756. The van der Waals surface area contributed by atoms with Gasteiger partial charge in [-0.1, -0.05) is 48.5 Å². The largest absolute Gasteiger partial charge is 0.349 e. The van der Waals surface area contributed by atoms with Gasteiger partial charge in [-0.2, -0.15) is 0 Å². The summed E-state index contributed by atoms with van der Waals surface area (Å²) in [5, 5.41) is 4.09. The number of benzene rings is 2. The predicted octanol–water partition coefficient (Wildman–Crippen LogP) is 3.90. The highest BCUT2D eigenvalue weighted by Gasteiger charge is 2.22. The van der Waals surface area contributed by atoms with E-state index in [1.807, 2.05) is 60.7 Å². The molecule has 3 aromatic rings. The number of nitrogens with one attached hydrogen (secondary N) is 1. The van der Waals surface area contributed by atoms with Crippen molar-refractivity contribution in [2.24, 2.45) is 5.73 Å². The van der Waals surface area contributed by atoms with Crippen LogP contribution in [-0.2, 0) is 0 Å². The molecule has 0 spiro atoms. The molecule has 1 saturated carbocycles. The first-order valence-electron chi connectivity index (χ1n) is 9.22. The average molecular weight is 345 g/mol. The van der Waals surface area contributed by atoms with Crippen molar-refractivity contribution >= 4 is 16.8 Å². The molecule has 0 atom stereocenters. The number of hydrogen-bond donors (Lipinski definition) is 2. The summed E-state index contributed by atoms with van der Waals surface area (Å²) >= 11 is 0. The lowest BCUT2D eigenvalue weighted by Crippen LogP contribution is -2.40. The number of para-hydroxylation sites is 1. The first-order valence-corrected chi connectivity index (χ1v) is 9.22. The molecule has 4 nitrogen and oxygen atoms in total. The fourth-order valence-corrected chi connectivity index (χ4v) is 3.65. The first-order chi connectivity index (χ1) is 12.7. The minimum absolute atomic E-state index is 0.0266. The Balaban J connectivity index is 1.70. The van der Waals surface area contributed by atoms with Crippen LogP contribution in [0.25, 0.3) is 22.2 Å². The van der Waals surface area contributed by atoms with Crippen molar-refractivity contribution in [2.45, 2.75) is 37.8 Å². The fourth-order valence-electron chi connectivity index (χ4n) is 3.65. The average Bonchev–Trinajstić information content (AvgIpc) is 2.69. The summed E-state index contributed by atoms with van der Waals surface area (Å²) < 4.78 is 0. The predicted molar refractivity (Wildman–Crippen MR) is 105 cm³/mol. The van der Waals surface area contributed by atoms with Crippen LogP contribution in [0, 0.1) is 0 Å². The summed E-state index contributed by atoms with van der Waals surface area (Å²) in [6.07, 6.45) is 3.83. The molecule has 2 aromatic carbocycles. The summed E-state index contributed by atoms with van der Waals surface area (Å²) in [6.45, 7) is 0. The van der Waals surface area contributed by atoms with E-state index in [0.717, 1.165) is 47.8 Å². The lowest BCUT2D eigenvalue weighted by atomic mass is 9.91. The van der Waals surface area contributed by atoms with Crippen LogP contribution in [0.2, 0.25) is 0 Å². The van der Waals surface area contributed by atoms with E-state index in [1.165, 1.54) is 0 Å². The number of pyridine rings is 1. The number of nitrogens with zero attached hydrogens (tertiary/aromatic N) is 1. The molecule has 26 heavy (non-hydrogen) atoms. The van der Waals surface area contributed by atoms with Gasteiger partial charge in [0.05, 0.1) is 16.8 Å². The van der Waals surface area contributed by atoms with E-state index >= 15 is 0 Å². The number of fused-ring (bicyclic) bond motifs is 1. The van der Waals surface area contributed by atoms with Crippen molar-refractivity contribution < 1.29 is 4.79 Å². The fraction of sp³-hybridized carbons (Fsp3) is 0.273. The van der Waals surface area contributed by atoms with Gasteiger partial charge in [0.1, 0.15) is 0 Å². The molecule has 0 aliphatic heterocycles. The van der Waals surface area contributed by atoms with Crippen LogP contribution in [0.15, 0.2) is 60.7 Å². The van der Waals surface area contributed by atoms with Crippen molar-refractivity contribution in [1.82, 2.24) is 10.3 Å². The number of aromatic nitrogens is 1. The maximum absolute atomic E-state index is 13.0. The Morgan fingerprint density at radius 1 is 0.962 bits per heavy atom. The second-order valence-electron chi connectivity index (χ2n) is 7.02. The zero-order chi connectivity index (χ0) is 17.9. The zero-order valence-corrected chi connectivity index (χ0v) is 14.7. The number of rotatable bonds is 3. The van der Waals surface area contributed by atoms with E-state index in [9.17, 15) is 4.79 Å². The van der Waals surface area contributed by atoms with Crippen LogP contribution in [0.4, 0.5) is 0 Å². The molecular formula is C22H23N3O. The summed E-state index contributed by atoms with van der Waals surface area (Å²) in [5.41, 5.74) is 9.33. The molecule has 1 aromatic heterocycles. The highest BCUT2D eigenvalue weighted by Crippen LogP contribution is 2.25. The maximum atomic E-state index is 13.0. The van der Waals surface area contributed by atoms with Crippen LogP contribution in [0.5, 0.6) is 0 Å². The van der Waals surface area contributed by atoms with E-state index in [1.54, 1.807) is 0 Å². The summed E-state index contributed by atoms with van der Waals surface area (Å²) in [5.74, 6) is -0.0266. The van der Waals surface area contributed by atoms with Gasteiger partial charge in [0, 0.05) is 23.0 Å². The highest BCUT2D eigenvalue weighted by molar-refractivity contribution is 6.07. The van der Waals surface area contributed by atoms with Crippen molar-refractivity contribution in [1.29, 1.82) is 0 Å². The third kappa shape index (κ3) is 3.46. The summed E-state index contributed by atoms with van der Waals surface area (Å²) in [4.78, 5) is 17.8. The molecule has 1 aliphatic rings. The number of amides is 1. The lowest BCUT2D eigenvalue weighted by Gasteiger charge is -2.27. The molecule has 0 unspecified atom stereocenters. The Labute approximate surface area is 153 Å². The lowest BCUT2D eigenvalue weighted by molar-refractivity contribution is 0.0927. The van der Waals surface area contributed by atoms with E-state index in [2.05, 4.69) is 5.32 Å². The normalized spacial score (nSPS) is 20.0. The molecule has 0 bridgehead atoms. The van der Waals surface area contributed by atoms with Gasteiger partial charge < -0.3 is 11.1 Å². The smallest absolute Gasteiger partial charge is 0.252 e. The molecule has 1 heterocycles. The van der Waals surface area contributed by atoms with Crippen molar-refractivity contribution in [3.8, 4) is 11.3 Å². The first kappa shape index (κ1) is 16.7. The molecule has 0 saturated heterocycles. The number of carbonyl (C=O) groups is 1. The Morgan fingerprint density at radius 2 is 1.65 bits per heavy atom. The number of nitrogens with two attached hydrogens (primary N) is 1. The molecule has 4 heteroatoms. The molecule has 1 amide bonds. The standard InChI is InChI=1S/C22H23N3O/c23-16-10-12-17(13-11-16)24-22(26)19-14-21(15-6-2-1-3-7-15)25-20-9-5-4-8-18(19)20/h1-9,14,16-17H,10-13,23H2,(H,24,26). The van der Waals surface area contributed by atoms with Gasteiger partial charge in [0.25, 0.3) is 5.91 Å². The van der Waals surface area contributed by atoms with Crippen LogP contribution in [-0.4, -0.2) is 23.0 Å². The molecule has 3 N–H and O–H groups in total. The Kier molecular flexibility index (Phi) is 4.67. The second kappa shape index (κ2) is 7.26. The van der Waals surface area contributed by atoms with E-state index in [4.69, 9.17) is 10.7 Å². The number of carbonyl (C=O) groups excluding carboxylic acids is 1. The second-order valence-corrected chi connectivity index (χ2v) is 7.02. The molecule has 1 fully saturated rings. The van der Waals surface area contributed by atoms with Crippen molar-refractivity contribution in [3.63, 3.8) is 0 Å². The minimum atomic E-state index is -0.0266. The molecule has 1 aliphatic carbocycles. The Morgan fingerprint density at radius 3 is 2.42 bits per heavy atom. The van der Waals surface area contributed by atoms with Gasteiger partial charge in [-0.05, 0) is 37.8 Å². The molecule has 0 radical (unpaired) electrons. The Bertz CT molecular complexity index is 915. The van der Waals surface area contributed by atoms with Crippen LogP contribution in [0.1, 0.15) is 36.0 Å². The van der Waals surface area contributed by atoms with E-state index < -0.39 is 0 Å². The van der Waals surface area contributed by atoms with Gasteiger partial charge in [-0.15, -0.1) is 0 Å². The monoisotopic (exact) mass is 345 g/mol. The van der Waals surface area contributed by atoms with Gasteiger partial charge in [-0.3, -0.25) is 4.79 Å². The topological polar surface area (TPSA) is 68.0 Å². The van der Waals surface area contributed by atoms with Crippen molar-refractivity contribution in [3.05, 3.63) is 66.2 Å². The van der Waals surface area contributed by atoms with Crippen LogP contribution < -0.4 is 11.1 Å². The molecule has 132 valence electrons. The van der Waals surface area contributed by atoms with Gasteiger partial charge >= 0.3 is 0 Å². The van der Waals surface area contributed by atoms with Crippen molar-refractivity contribution in [2.75, 3.05) is 0 Å². The third-order valence-corrected chi connectivity index (χ3v) is 5.14. The van der Waals surface area contributed by atoms with E-state index in [0.29, 0.717) is 5.56 Å². The number of hydrogen-bond acceptors (Lipinski definition) is 3. The maximum Gasteiger partial charge on any atom is 0.252 e. The van der Waals surface area contributed by atoms with Gasteiger partial charge in [-0.25, -0.2) is 4.98 Å². The third-order valence-electron chi connectivity index (χ3n) is 5.14. The highest BCUT2D eigenvalue weighted by atomic mass is 16.1. The summed E-state index contributed by atoms with van der Waals surface area (Å²) in [6, 6.07) is 20.2. The Hall–Kier alpha value is -2.72. The van der Waals surface area contributed by atoms with Gasteiger partial charge in [0.15, 0.2) is 0 Å². The van der Waals surface area contributed by atoms with E-state index in [-0.39, 0.29) is 18.0 Å². The van der Waals surface area contributed by atoms with Crippen LogP contribution >= 0.6 is 0 Å². The van der Waals surface area contributed by atoms with Gasteiger partial charge in [0.2, 0.25) is 0 Å². The SMILES string of the molecule is NC1CCC(NC(=O)c2cc(-c3ccccc3)nc3ccccc23)CC1.